The second-order valence-electron chi connectivity index (χ2n) is 5.22. The third kappa shape index (κ3) is 2.06. The molecule has 0 amide bonds. The van der Waals surface area contributed by atoms with Gasteiger partial charge in [-0.05, 0) is 24.7 Å². The molecule has 5 heteroatoms. The molecule has 98 valence electrons. The summed E-state index contributed by atoms with van der Waals surface area (Å²) >= 11 is 1.65. The van der Waals surface area contributed by atoms with E-state index in [9.17, 15) is 4.79 Å². The molecule has 1 aliphatic carbocycles. The van der Waals surface area contributed by atoms with Gasteiger partial charge in [0.05, 0.1) is 12.6 Å². The maximum absolute atomic E-state index is 12.0. The van der Waals surface area contributed by atoms with Gasteiger partial charge in [-0.2, -0.15) is 0 Å². The molecule has 0 radical (unpaired) electrons. The number of nitrogens with zero attached hydrogens (tertiary/aromatic N) is 2. The van der Waals surface area contributed by atoms with Crippen molar-refractivity contribution in [2.24, 2.45) is 11.8 Å². The fourth-order valence-electron chi connectivity index (χ4n) is 3.52. The van der Waals surface area contributed by atoms with E-state index >= 15 is 0 Å². The summed E-state index contributed by atoms with van der Waals surface area (Å²) in [6, 6.07) is -0.0374. The van der Waals surface area contributed by atoms with E-state index in [1.807, 2.05) is 11.7 Å². The van der Waals surface area contributed by atoms with Crippen molar-refractivity contribution in [3.05, 3.63) is 16.6 Å². The van der Waals surface area contributed by atoms with Gasteiger partial charge in [0.1, 0.15) is 6.04 Å². The highest BCUT2D eigenvalue weighted by molar-refractivity contribution is 7.09. The molecule has 4 nitrogen and oxygen atoms in total. The van der Waals surface area contributed by atoms with Gasteiger partial charge in [-0.15, -0.1) is 11.3 Å². The molecule has 0 unspecified atom stereocenters. The Morgan fingerprint density at radius 3 is 3.22 bits per heavy atom. The maximum Gasteiger partial charge on any atom is 0.323 e. The van der Waals surface area contributed by atoms with Gasteiger partial charge in [-0.1, -0.05) is 6.42 Å². The van der Waals surface area contributed by atoms with Gasteiger partial charge >= 0.3 is 5.97 Å². The lowest BCUT2D eigenvalue weighted by molar-refractivity contribution is -0.147. The Balaban J connectivity index is 1.77. The summed E-state index contributed by atoms with van der Waals surface area (Å²) in [6.45, 7) is 1.86. The second kappa shape index (κ2) is 4.97. The maximum atomic E-state index is 12.0. The molecular weight excluding hydrogens is 248 g/mol. The Hall–Kier alpha value is -0.940. The van der Waals surface area contributed by atoms with Crippen LogP contribution in [0.1, 0.15) is 24.1 Å². The van der Waals surface area contributed by atoms with Crippen molar-refractivity contribution < 1.29 is 9.53 Å². The molecule has 2 fully saturated rings. The number of rotatable bonds is 3. The molecule has 2 heterocycles. The third-order valence-corrected chi connectivity index (χ3v) is 5.04. The zero-order chi connectivity index (χ0) is 12.5. The molecule has 0 N–H and O–H groups in total. The van der Waals surface area contributed by atoms with E-state index in [0.29, 0.717) is 11.8 Å². The molecule has 1 aromatic heterocycles. The zero-order valence-corrected chi connectivity index (χ0v) is 11.4. The monoisotopic (exact) mass is 266 g/mol. The van der Waals surface area contributed by atoms with E-state index in [-0.39, 0.29) is 12.0 Å². The van der Waals surface area contributed by atoms with Crippen LogP contribution in [0.5, 0.6) is 0 Å². The summed E-state index contributed by atoms with van der Waals surface area (Å²) in [5, 5.41) is 0. The Morgan fingerprint density at radius 2 is 2.50 bits per heavy atom. The van der Waals surface area contributed by atoms with E-state index in [2.05, 4.69) is 9.88 Å². The van der Waals surface area contributed by atoms with E-state index in [1.54, 1.807) is 11.3 Å². The molecule has 0 spiro atoms. The van der Waals surface area contributed by atoms with Crippen molar-refractivity contribution in [2.75, 3.05) is 13.7 Å². The molecule has 1 saturated heterocycles. The molecule has 0 bridgehead atoms. The zero-order valence-electron chi connectivity index (χ0n) is 10.5. The van der Waals surface area contributed by atoms with Gasteiger partial charge in [-0.3, -0.25) is 14.7 Å². The van der Waals surface area contributed by atoms with E-state index in [4.69, 9.17) is 4.74 Å². The summed E-state index contributed by atoms with van der Waals surface area (Å²) in [6.07, 6.45) is 5.59. The quantitative estimate of drug-likeness (QED) is 0.784. The molecule has 1 saturated carbocycles. The molecule has 3 atom stereocenters. The topological polar surface area (TPSA) is 42.4 Å². The molecule has 1 aliphatic heterocycles. The second-order valence-corrected chi connectivity index (χ2v) is 6.19. The molecule has 1 aromatic rings. The number of thiazole rings is 1. The van der Waals surface area contributed by atoms with Gasteiger partial charge in [0.25, 0.3) is 0 Å². The van der Waals surface area contributed by atoms with Crippen LogP contribution in [-0.4, -0.2) is 35.5 Å². The minimum Gasteiger partial charge on any atom is -0.468 e. The number of esters is 1. The molecule has 0 aromatic carbocycles. The van der Waals surface area contributed by atoms with E-state index in [1.165, 1.54) is 31.2 Å². The smallest absolute Gasteiger partial charge is 0.323 e. The number of fused-ring (bicyclic) bond motifs is 1. The minimum atomic E-state index is -0.0612. The first-order chi connectivity index (χ1) is 8.79. The summed E-state index contributed by atoms with van der Waals surface area (Å²) in [7, 11) is 1.50. The van der Waals surface area contributed by atoms with Crippen LogP contribution >= 0.6 is 11.3 Å². The third-order valence-electron chi connectivity index (χ3n) is 4.27. The van der Waals surface area contributed by atoms with Crippen molar-refractivity contribution in [1.82, 2.24) is 9.88 Å². The summed E-state index contributed by atoms with van der Waals surface area (Å²) in [4.78, 5) is 19.6. The number of carbonyl (C=O) groups is 1. The van der Waals surface area contributed by atoms with Crippen LogP contribution in [0.2, 0.25) is 0 Å². The highest BCUT2D eigenvalue weighted by Crippen LogP contribution is 2.43. The first kappa shape index (κ1) is 12.1. The van der Waals surface area contributed by atoms with Crippen LogP contribution < -0.4 is 0 Å². The Kier molecular flexibility index (Phi) is 3.35. The van der Waals surface area contributed by atoms with Gasteiger partial charge in [-0.25, -0.2) is 0 Å². The Labute approximate surface area is 111 Å². The lowest BCUT2D eigenvalue weighted by Crippen LogP contribution is -2.39. The lowest BCUT2D eigenvalue weighted by atomic mass is 9.94. The number of aromatic nitrogens is 1. The predicted octanol–water partition coefficient (Wildman–Crippen LogP) is 1.92. The van der Waals surface area contributed by atoms with Crippen molar-refractivity contribution >= 4 is 17.3 Å². The van der Waals surface area contributed by atoms with Crippen LogP contribution in [0, 0.1) is 11.8 Å². The largest absolute Gasteiger partial charge is 0.468 e. The van der Waals surface area contributed by atoms with Crippen LogP contribution in [0.3, 0.4) is 0 Å². The van der Waals surface area contributed by atoms with Crippen LogP contribution in [0.4, 0.5) is 0 Å². The van der Waals surface area contributed by atoms with E-state index < -0.39 is 0 Å². The number of likely N-dealkylation sites (tertiary alicyclic amines) is 1. The van der Waals surface area contributed by atoms with Gasteiger partial charge < -0.3 is 4.74 Å². The summed E-state index contributed by atoms with van der Waals surface area (Å²) in [5.74, 6) is 1.13. The number of ether oxygens (including phenoxy) is 1. The van der Waals surface area contributed by atoms with Gasteiger partial charge in [0.15, 0.2) is 0 Å². The molecular formula is C13H18N2O2S. The normalized spacial score (nSPS) is 31.5. The standard InChI is InChI=1S/C13H18N2O2S/c1-17-13(16)12-11-4-2-3-9(11)6-15(12)7-10-5-14-8-18-10/h5,8-9,11-12H,2-4,6-7H2,1H3/t9-,11-,12+/m1/s1. The minimum absolute atomic E-state index is 0.0374. The summed E-state index contributed by atoms with van der Waals surface area (Å²) < 4.78 is 5.00. The van der Waals surface area contributed by atoms with Crippen LogP contribution in [0.25, 0.3) is 0 Å². The first-order valence-electron chi connectivity index (χ1n) is 6.49. The number of hydrogen-bond acceptors (Lipinski definition) is 5. The Morgan fingerprint density at radius 1 is 1.61 bits per heavy atom. The van der Waals surface area contributed by atoms with Crippen molar-refractivity contribution in [3.8, 4) is 0 Å². The fourth-order valence-corrected chi connectivity index (χ4v) is 4.14. The van der Waals surface area contributed by atoms with Gasteiger partial charge in [0, 0.05) is 24.2 Å². The molecule has 18 heavy (non-hydrogen) atoms. The fraction of sp³-hybridized carbons (Fsp3) is 0.692. The molecule has 2 aliphatic rings. The summed E-state index contributed by atoms with van der Waals surface area (Å²) in [5.41, 5.74) is 1.85. The van der Waals surface area contributed by atoms with Crippen molar-refractivity contribution in [3.63, 3.8) is 0 Å². The average Bonchev–Trinajstić information content (AvgIpc) is 3.04. The van der Waals surface area contributed by atoms with Crippen LogP contribution in [-0.2, 0) is 16.1 Å². The van der Waals surface area contributed by atoms with Crippen molar-refractivity contribution in [2.45, 2.75) is 31.8 Å². The number of carbonyl (C=O) groups excluding carboxylic acids is 1. The number of hydrogen-bond donors (Lipinski definition) is 0. The van der Waals surface area contributed by atoms with E-state index in [0.717, 1.165) is 13.1 Å². The molecule has 3 rings (SSSR count). The predicted molar refractivity (Wildman–Crippen MR) is 69.2 cm³/mol. The highest BCUT2D eigenvalue weighted by atomic mass is 32.1. The Bertz CT molecular complexity index is 421. The lowest BCUT2D eigenvalue weighted by Gasteiger charge is -2.24. The average molecular weight is 266 g/mol. The SMILES string of the molecule is COC(=O)[C@@H]1[C@@H]2CCC[C@@H]2CN1Cc1cncs1. The van der Waals surface area contributed by atoms with Crippen LogP contribution in [0.15, 0.2) is 11.7 Å². The number of methoxy groups -OCH3 is 1. The first-order valence-corrected chi connectivity index (χ1v) is 7.37. The van der Waals surface area contributed by atoms with Gasteiger partial charge in [0.2, 0.25) is 0 Å². The highest BCUT2D eigenvalue weighted by Gasteiger charge is 2.47. The van der Waals surface area contributed by atoms with Crippen molar-refractivity contribution in [1.29, 1.82) is 0 Å².